The summed E-state index contributed by atoms with van der Waals surface area (Å²) in [5, 5.41) is 0. The van der Waals surface area contributed by atoms with Gasteiger partial charge in [0.05, 0.1) is 0 Å². The normalized spacial score (nSPS) is 10.9. The van der Waals surface area contributed by atoms with E-state index in [9.17, 15) is 0 Å². The molecule has 3 aromatic rings. The molecule has 0 saturated heterocycles. The SMILES string of the molecule is Cc1cc(I)c(I)c(-c2ccc(-c3cc(C)cc(I)c3I)cc2)c1. The average Bonchev–Trinajstić information content (AvgIpc) is 2.54. The van der Waals surface area contributed by atoms with Gasteiger partial charge in [0.15, 0.2) is 0 Å². The van der Waals surface area contributed by atoms with E-state index in [1.165, 1.54) is 47.7 Å². The van der Waals surface area contributed by atoms with E-state index in [0.29, 0.717) is 0 Å². The Kier molecular flexibility index (Phi) is 6.51. The Hall–Kier alpha value is 0.580. The summed E-state index contributed by atoms with van der Waals surface area (Å²) in [5.41, 5.74) is 7.81. The molecule has 3 aromatic carbocycles. The van der Waals surface area contributed by atoms with Crippen LogP contribution in [0, 0.1) is 28.1 Å². The lowest BCUT2D eigenvalue weighted by Gasteiger charge is -2.12. The Balaban J connectivity index is 2.07. The molecule has 0 bridgehead atoms. The summed E-state index contributed by atoms with van der Waals surface area (Å²) in [6.07, 6.45) is 0. The van der Waals surface area contributed by atoms with E-state index in [1.54, 1.807) is 0 Å². The van der Waals surface area contributed by atoms with Gasteiger partial charge in [-0.1, -0.05) is 36.4 Å². The molecule has 0 spiro atoms. The monoisotopic (exact) mass is 762 g/mol. The molecule has 0 aliphatic rings. The quantitative estimate of drug-likeness (QED) is 0.232. The van der Waals surface area contributed by atoms with Crippen LogP contribution in [0.3, 0.4) is 0 Å². The highest BCUT2D eigenvalue weighted by atomic mass is 127. The number of halogens is 4. The number of benzene rings is 3. The summed E-state index contributed by atoms with van der Waals surface area (Å²) in [5.74, 6) is 0. The molecule has 0 radical (unpaired) electrons. The number of rotatable bonds is 2. The van der Waals surface area contributed by atoms with Crippen LogP contribution in [0.4, 0.5) is 0 Å². The van der Waals surface area contributed by atoms with Crippen LogP contribution >= 0.6 is 90.4 Å². The maximum Gasteiger partial charge on any atom is 0.0342 e. The van der Waals surface area contributed by atoms with Crippen molar-refractivity contribution >= 4 is 90.4 Å². The van der Waals surface area contributed by atoms with Crippen molar-refractivity contribution in [3.05, 3.63) is 73.9 Å². The first-order chi connectivity index (χ1) is 11.4. The summed E-state index contributed by atoms with van der Waals surface area (Å²) in [4.78, 5) is 0. The zero-order chi connectivity index (χ0) is 17.4. The maximum atomic E-state index is 2.45. The lowest BCUT2D eigenvalue weighted by molar-refractivity contribution is 1.41. The fraction of sp³-hybridized carbons (Fsp3) is 0.100. The van der Waals surface area contributed by atoms with Gasteiger partial charge in [-0.15, -0.1) is 0 Å². The first-order valence-electron chi connectivity index (χ1n) is 7.39. The molecule has 0 amide bonds. The highest BCUT2D eigenvalue weighted by Gasteiger charge is 2.10. The Labute approximate surface area is 197 Å². The zero-order valence-electron chi connectivity index (χ0n) is 13.1. The molecule has 0 fully saturated rings. The van der Waals surface area contributed by atoms with Crippen LogP contribution in [-0.2, 0) is 0 Å². The molecule has 0 aromatic heterocycles. The first kappa shape index (κ1) is 19.3. The fourth-order valence-corrected chi connectivity index (χ4v) is 5.51. The Morgan fingerprint density at radius 3 is 1.21 bits per heavy atom. The fourth-order valence-electron chi connectivity index (χ4n) is 2.70. The third-order valence-electron chi connectivity index (χ3n) is 3.85. The lowest BCUT2D eigenvalue weighted by atomic mass is 9.98. The second-order valence-electron chi connectivity index (χ2n) is 5.79. The van der Waals surface area contributed by atoms with Crippen molar-refractivity contribution in [3.63, 3.8) is 0 Å². The molecular weight excluding hydrogens is 748 g/mol. The smallest absolute Gasteiger partial charge is 0.0342 e. The maximum absolute atomic E-state index is 2.45. The van der Waals surface area contributed by atoms with Crippen LogP contribution in [-0.4, -0.2) is 0 Å². The van der Waals surface area contributed by atoms with Gasteiger partial charge in [0.2, 0.25) is 0 Å². The molecule has 0 aliphatic carbocycles. The number of aryl methyl sites for hydroxylation is 2. The standard InChI is InChI=1S/C20H14I4/c1-11-7-15(19(23)17(21)9-11)13-3-5-14(6-4-13)16-8-12(2)10-18(22)20(16)24/h3-10H,1-2H3. The van der Waals surface area contributed by atoms with Gasteiger partial charge < -0.3 is 0 Å². The van der Waals surface area contributed by atoms with Crippen LogP contribution in [0.1, 0.15) is 11.1 Å². The van der Waals surface area contributed by atoms with E-state index in [1.807, 2.05) is 0 Å². The highest BCUT2D eigenvalue weighted by molar-refractivity contribution is 14.1. The summed E-state index contributed by atoms with van der Waals surface area (Å²) < 4.78 is 5.28. The van der Waals surface area contributed by atoms with Crippen LogP contribution in [0.5, 0.6) is 0 Å². The van der Waals surface area contributed by atoms with Crippen LogP contribution in [0.2, 0.25) is 0 Å². The van der Waals surface area contributed by atoms with Gasteiger partial charge in [0.1, 0.15) is 0 Å². The molecule has 0 saturated carbocycles. The van der Waals surface area contributed by atoms with Gasteiger partial charge in [-0.2, -0.15) is 0 Å². The van der Waals surface area contributed by atoms with Gasteiger partial charge in [-0.3, -0.25) is 0 Å². The number of hydrogen-bond acceptors (Lipinski definition) is 0. The molecule has 0 atom stereocenters. The van der Waals surface area contributed by atoms with Crippen molar-refractivity contribution in [1.29, 1.82) is 0 Å². The van der Waals surface area contributed by atoms with E-state index in [4.69, 9.17) is 0 Å². The molecule has 0 unspecified atom stereocenters. The average molecular weight is 762 g/mol. The topological polar surface area (TPSA) is 0 Å². The lowest BCUT2D eigenvalue weighted by Crippen LogP contribution is -1.91. The summed E-state index contributed by atoms with van der Waals surface area (Å²) in [6.45, 7) is 4.32. The second kappa shape index (κ2) is 8.08. The van der Waals surface area contributed by atoms with Crippen molar-refractivity contribution < 1.29 is 0 Å². The molecule has 24 heavy (non-hydrogen) atoms. The van der Waals surface area contributed by atoms with E-state index in [-0.39, 0.29) is 0 Å². The van der Waals surface area contributed by atoms with Crippen molar-refractivity contribution in [3.8, 4) is 22.3 Å². The second-order valence-corrected chi connectivity index (χ2v) is 10.3. The minimum absolute atomic E-state index is 1.28. The molecule has 0 heterocycles. The largest absolute Gasteiger partial charge is 0.0537 e. The molecule has 0 aliphatic heterocycles. The third kappa shape index (κ3) is 4.11. The van der Waals surface area contributed by atoms with Gasteiger partial charge >= 0.3 is 0 Å². The van der Waals surface area contributed by atoms with Crippen LogP contribution in [0.15, 0.2) is 48.5 Å². The van der Waals surface area contributed by atoms with Crippen LogP contribution in [0.25, 0.3) is 22.3 Å². The Morgan fingerprint density at radius 1 is 0.542 bits per heavy atom. The Morgan fingerprint density at radius 2 is 0.875 bits per heavy atom. The minimum atomic E-state index is 1.28. The van der Waals surface area contributed by atoms with Gasteiger partial charge in [0, 0.05) is 14.3 Å². The Bertz CT molecular complexity index is 835. The molecule has 4 heteroatoms. The van der Waals surface area contributed by atoms with Crippen LogP contribution < -0.4 is 0 Å². The predicted molar refractivity (Wildman–Crippen MR) is 138 cm³/mol. The highest BCUT2D eigenvalue weighted by Crippen LogP contribution is 2.34. The van der Waals surface area contributed by atoms with Crippen molar-refractivity contribution in [2.45, 2.75) is 13.8 Å². The van der Waals surface area contributed by atoms with Crippen molar-refractivity contribution in [2.24, 2.45) is 0 Å². The van der Waals surface area contributed by atoms with E-state index < -0.39 is 0 Å². The van der Waals surface area contributed by atoms with Gasteiger partial charge in [0.25, 0.3) is 0 Å². The van der Waals surface area contributed by atoms with Crippen molar-refractivity contribution in [2.75, 3.05) is 0 Å². The minimum Gasteiger partial charge on any atom is -0.0537 e. The van der Waals surface area contributed by atoms with E-state index >= 15 is 0 Å². The molecule has 0 N–H and O–H groups in total. The predicted octanol–water partition coefficient (Wildman–Crippen LogP) is 8.06. The summed E-state index contributed by atoms with van der Waals surface area (Å²) >= 11 is 9.74. The van der Waals surface area contributed by atoms with E-state index in [2.05, 4.69) is 153 Å². The molecular formula is C20H14I4. The summed E-state index contributed by atoms with van der Waals surface area (Å²) in [6, 6.07) is 18.0. The molecule has 0 nitrogen and oxygen atoms in total. The molecule has 122 valence electrons. The van der Waals surface area contributed by atoms with E-state index in [0.717, 1.165) is 0 Å². The number of hydrogen-bond donors (Lipinski definition) is 0. The molecule has 3 rings (SSSR count). The van der Waals surface area contributed by atoms with Crippen molar-refractivity contribution in [1.82, 2.24) is 0 Å². The van der Waals surface area contributed by atoms with Gasteiger partial charge in [-0.25, -0.2) is 0 Å². The summed E-state index contributed by atoms with van der Waals surface area (Å²) in [7, 11) is 0. The van der Waals surface area contributed by atoms with Gasteiger partial charge in [-0.05, 0) is 150 Å². The third-order valence-corrected chi connectivity index (χ3v) is 9.94. The first-order valence-corrected chi connectivity index (χ1v) is 11.7. The zero-order valence-corrected chi connectivity index (χ0v) is 21.8.